The number of sulfonamides is 1. The third-order valence-electron chi connectivity index (χ3n) is 4.59. The molecule has 0 saturated heterocycles. The van der Waals surface area contributed by atoms with Gasteiger partial charge in [0, 0.05) is 11.6 Å². The van der Waals surface area contributed by atoms with E-state index in [4.69, 9.17) is 9.47 Å². The normalized spacial score (nSPS) is 11.1. The summed E-state index contributed by atoms with van der Waals surface area (Å²) in [6, 6.07) is 19.4. The monoisotopic (exact) mass is 498 g/mol. The molecule has 3 aromatic rings. The highest BCUT2D eigenvalue weighted by Gasteiger charge is 2.21. The lowest BCUT2D eigenvalue weighted by Crippen LogP contribution is -2.39. The molecule has 0 aliphatic heterocycles. The maximum Gasteiger partial charge on any atom is 0.311 e. The fraction of sp³-hybridized carbons (Fsp3) is 0.130. The zero-order valence-corrected chi connectivity index (χ0v) is 19.6. The number of hydrogen-bond donors (Lipinski definition) is 1. The fourth-order valence-electron chi connectivity index (χ4n) is 2.98. The number of hydrazone groups is 1. The molecular formula is C23H22N4O7S. The van der Waals surface area contributed by atoms with Gasteiger partial charge in [0.05, 0.1) is 30.2 Å². The Morgan fingerprint density at radius 3 is 2.34 bits per heavy atom. The van der Waals surface area contributed by atoms with Crippen LogP contribution in [0.4, 0.5) is 11.4 Å². The number of hydrogen-bond acceptors (Lipinski definition) is 8. The van der Waals surface area contributed by atoms with Crippen molar-refractivity contribution in [3.8, 4) is 17.2 Å². The van der Waals surface area contributed by atoms with Gasteiger partial charge in [0.2, 0.25) is 10.0 Å². The molecule has 0 aliphatic carbocycles. The molecule has 0 heterocycles. The Balaban J connectivity index is 1.67. The lowest BCUT2D eigenvalue weighted by atomic mass is 10.2. The van der Waals surface area contributed by atoms with Crippen molar-refractivity contribution in [3.63, 3.8) is 0 Å². The zero-order valence-electron chi connectivity index (χ0n) is 18.8. The Kier molecular flexibility index (Phi) is 8.00. The Labute approximate surface area is 201 Å². The van der Waals surface area contributed by atoms with E-state index in [-0.39, 0.29) is 17.1 Å². The van der Waals surface area contributed by atoms with Gasteiger partial charge in [-0.05, 0) is 48.5 Å². The lowest BCUT2D eigenvalue weighted by molar-refractivity contribution is -0.385. The van der Waals surface area contributed by atoms with Crippen molar-refractivity contribution in [2.24, 2.45) is 5.10 Å². The SMILES string of the molecule is COc1ccc(/C=N\NC(=O)CN(c2ccc(Oc3ccccc3)cc2)S(C)(=O)=O)cc1[N+](=O)[O-]. The summed E-state index contributed by atoms with van der Waals surface area (Å²) in [5.74, 6) is 0.496. The van der Waals surface area contributed by atoms with Crippen LogP contribution in [0.3, 0.4) is 0 Å². The first-order chi connectivity index (χ1) is 16.7. The first-order valence-corrected chi connectivity index (χ1v) is 12.0. The Bertz CT molecular complexity index is 1330. The van der Waals surface area contributed by atoms with Crippen LogP contribution in [0.15, 0.2) is 77.9 Å². The molecule has 0 aromatic heterocycles. The third-order valence-corrected chi connectivity index (χ3v) is 5.73. The van der Waals surface area contributed by atoms with Crippen LogP contribution in [0.25, 0.3) is 0 Å². The van der Waals surface area contributed by atoms with E-state index >= 15 is 0 Å². The number of benzene rings is 3. The quantitative estimate of drug-likeness (QED) is 0.257. The molecule has 0 saturated carbocycles. The summed E-state index contributed by atoms with van der Waals surface area (Å²) < 4.78 is 36.1. The molecule has 35 heavy (non-hydrogen) atoms. The highest BCUT2D eigenvalue weighted by Crippen LogP contribution is 2.27. The van der Waals surface area contributed by atoms with Gasteiger partial charge in [-0.2, -0.15) is 5.10 Å². The number of anilines is 1. The van der Waals surface area contributed by atoms with Crippen LogP contribution >= 0.6 is 0 Å². The average molecular weight is 499 g/mol. The number of ether oxygens (including phenoxy) is 2. The summed E-state index contributed by atoms with van der Waals surface area (Å²) in [7, 11) is -2.48. The van der Waals surface area contributed by atoms with E-state index in [9.17, 15) is 23.3 Å². The van der Waals surface area contributed by atoms with Crippen LogP contribution in [0.2, 0.25) is 0 Å². The average Bonchev–Trinajstić information content (AvgIpc) is 2.83. The number of methoxy groups -OCH3 is 1. The molecule has 182 valence electrons. The van der Waals surface area contributed by atoms with Gasteiger partial charge < -0.3 is 9.47 Å². The predicted octanol–water partition coefficient (Wildman–Crippen LogP) is 3.31. The minimum Gasteiger partial charge on any atom is -0.490 e. The number of carbonyl (C=O) groups excluding carboxylic acids is 1. The largest absolute Gasteiger partial charge is 0.490 e. The smallest absolute Gasteiger partial charge is 0.311 e. The molecule has 3 rings (SSSR count). The van der Waals surface area contributed by atoms with Gasteiger partial charge in [0.1, 0.15) is 18.0 Å². The number of nitro benzene ring substituents is 1. The van der Waals surface area contributed by atoms with E-state index in [0.717, 1.165) is 10.6 Å². The molecule has 0 spiro atoms. The molecule has 0 unspecified atom stereocenters. The van der Waals surface area contributed by atoms with E-state index in [1.54, 1.807) is 24.3 Å². The summed E-state index contributed by atoms with van der Waals surface area (Å²) in [6.07, 6.45) is 2.18. The van der Waals surface area contributed by atoms with Gasteiger partial charge in [-0.25, -0.2) is 13.8 Å². The van der Waals surface area contributed by atoms with Gasteiger partial charge in [-0.3, -0.25) is 19.2 Å². The van der Waals surface area contributed by atoms with Crippen molar-refractivity contribution >= 4 is 33.5 Å². The van der Waals surface area contributed by atoms with Crippen molar-refractivity contribution in [2.45, 2.75) is 0 Å². The van der Waals surface area contributed by atoms with E-state index in [2.05, 4.69) is 10.5 Å². The number of amides is 1. The number of nitrogens with one attached hydrogen (secondary N) is 1. The number of nitrogens with zero attached hydrogens (tertiary/aromatic N) is 3. The molecule has 12 heteroatoms. The number of rotatable bonds is 10. The second-order valence-electron chi connectivity index (χ2n) is 7.16. The molecule has 0 bridgehead atoms. The second-order valence-corrected chi connectivity index (χ2v) is 9.07. The van der Waals surface area contributed by atoms with Crippen LogP contribution in [-0.2, 0) is 14.8 Å². The van der Waals surface area contributed by atoms with Crippen molar-refractivity contribution in [3.05, 3.63) is 88.5 Å². The lowest BCUT2D eigenvalue weighted by Gasteiger charge is -2.21. The summed E-state index contributed by atoms with van der Waals surface area (Å²) in [5, 5.41) is 14.9. The van der Waals surface area contributed by atoms with Crippen molar-refractivity contribution in [1.82, 2.24) is 5.43 Å². The molecular weight excluding hydrogens is 476 g/mol. The van der Waals surface area contributed by atoms with Crippen LogP contribution in [0.1, 0.15) is 5.56 Å². The fourth-order valence-corrected chi connectivity index (χ4v) is 3.84. The standard InChI is InChI=1S/C23H22N4O7S/c1-33-22-13-8-17(14-21(22)27(29)30)15-24-25-23(28)16-26(35(2,31)32)18-9-11-20(12-10-18)34-19-6-4-3-5-7-19/h3-15H,16H2,1-2H3,(H,25,28)/b24-15-. The summed E-state index contributed by atoms with van der Waals surface area (Å²) in [5.41, 5.74) is 2.57. The highest BCUT2D eigenvalue weighted by molar-refractivity contribution is 7.92. The molecule has 0 fully saturated rings. The van der Waals surface area contributed by atoms with E-state index in [0.29, 0.717) is 17.1 Å². The van der Waals surface area contributed by atoms with Crippen LogP contribution in [0, 0.1) is 10.1 Å². The predicted molar refractivity (Wildman–Crippen MR) is 131 cm³/mol. The van der Waals surface area contributed by atoms with Gasteiger partial charge in [0.25, 0.3) is 5.91 Å². The minimum atomic E-state index is -3.79. The van der Waals surface area contributed by atoms with E-state index in [1.807, 2.05) is 18.2 Å². The van der Waals surface area contributed by atoms with Crippen LogP contribution in [0.5, 0.6) is 17.2 Å². The highest BCUT2D eigenvalue weighted by atomic mass is 32.2. The third kappa shape index (κ3) is 7.01. The molecule has 3 aromatic carbocycles. The van der Waals surface area contributed by atoms with E-state index in [1.165, 1.54) is 43.7 Å². The van der Waals surface area contributed by atoms with Crippen LogP contribution < -0.4 is 19.2 Å². The summed E-state index contributed by atoms with van der Waals surface area (Å²) in [4.78, 5) is 22.9. The van der Waals surface area contributed by atoms with E-state index < -0.39 is 27.4 Å². The summed E-state index contributed by atoms with van der Waals surface area (Å²) >= 11 is 0. The molecule has 0 aliphatic rings. The van der Waals surface area contributed by atoms with Gasteiger partial charge in [0.15, 0.2) is 5.75 Å². The molecule has 0 radical (unpaired) electrons. The molecule has 1 N–H and O–H groups in total. The topological polar surface area (TPSA) is 140 Å². The molecule has 0 atom stereocenters. The van der Waals surface area contributed by atoms with Gasteiger partial charge in [-0.15, -0.1) is 0 Å². The summed E-state index contributed by atoms with van der Waals surface area (Å²) in [6.45, 7) is -0.530. The maximum atomic E-state index is 12.4. The first-order valence-electron chi connectivity index (χ1n) is 10.1. The Morgan fingerprint density at radius 2 is 1.74 bits per heavy atom. The maximum absolute atomic E-state index is 12.4. The second kappa shape index (κ2) is 11.1. The number of para-hydroxylation sites is 1. The van der Waals surface area contributed by atoms with Crippen molar-refractivity contribution in [2.75, 3.05) is 24.2 Å². The van der Waals surface area contributed by atoms with Crippen molar-refractivity contribution in [1.29, 1.82) is 0 Å². The molecule has 11 nitrogen and oxygen atoms in total. The molecule has 1 amide bonds. The number of nitro groups is 1. The van der Waals surface area contributed by atoms with Crippen LogP contribution in [-0.4, -0.2) is 45.4 Å². The van der Waals surface area contributed by atoms with Gasteiger partial charge in [-0.1, -0.05) is 18.2 Å². The van der Waals surface area contributed by atoms with Gasteiger partial charge >= 0.3 is 5.69 Å². The zero-order chi connectivity index (χ0) is 25.4. The Morgan fingerprint density at radius 1 is 1.09 bits per heavy atom. The minimum absolute atomic E-state index is 0.0835. The first kappa shape index (κ1) is 25.2. The van der Waals surface area contributed by atoms with Crippen molar-refractivity contribution < 1.29 is 27.6 Å². The Hall–Kier alpha value is -4.45. The number of carbonyl (C=O) groups is 1.